The molecule has 0 spiro atoms. The molecule has 1 heterocycles. The van der Waals surface area contributed by atoms with Crippen LogP contribution in [-0.4, -0.2) is 32.2 Å². The average Bonchev–Trinajstić information content (AvgIpc) is 3.25. The van der Waals surface area contributed by atoms with Crippen LogP contribution < -0.4 is 9.46 Å². The van der Waals surface area contributed by atoms with E-state index in [1.807, 2.05) is 30.3 Å². The Kier molecular flexibility index (Phi) is 5.96. The monoisotopic (exact) mass is 449 g/mol. The van der Waals surface area contributed by atoms with Gasteiger partial charge in [-0.15, -0.1) is 0 Å². The van der Waals surface area contributed by atoms with Gasteiger partial charge in [0.25, 0.3) is 10.0 Å². The fourth-order valence-corrected chi connectivity index (χ4v) is 4.88. The minimum atomic E-state index is -3.78. The molecule has 1 aliphatic rings. The highest BCUT2D eigenvalue weighted by atomic mass is 32.2. The SMILES string of the molecule is COc1ccccc1C1CC(c2ccccc2NS(=O)(=O)c2ccccc2)=NN1C(C)=O. The van der Waals surface area contributed by atoms with E-state index in [1.165, 1.54) is 24.1 Å². The first-order valence-electron chi connectivity index (χ1n) is 10.1. The molecule has 1 unspecified atom stereocenters. The summed E-state index contributed by atoms with van der Waals surface area (Å²) in [6, 6.07) is 22.4. The van der Waals surface area contributed by atoms with Gasteiger partial charge in [-0.25, -0.2) is 13.4 Å². The van der Waals surface area contributed by atoms with E-state index < -0.39 is 10.0 Å². The number of hydrazone groups is 1. The van der Waals surface area contributed by atoms with E-state index in [4.69, 9.17) is 4.74 Å². The molecule has 0 bridgehead atoms. The summed E-state index contributed by atoms with van der Waals surface area (Å²) in [6.07, 6.45) is 0.421. The number of ether oxygens (including phenoxy) is 1. The smallest absolute Gasteiger partial charge is 0.261 e. The summed E-state index contributed by atoms with van der Waals surface area (Å²) in [6.45, 7) is 1.46. The van der Waals surface area contributed by atoms with Crippen LogP contribution in [0.25, 0.3) is 0 Å². The Hall–Kier alpha value is -3.65. The van der Waals surface area contributed by atoms with Crippen molar-refractivity contribution in [3.8, 4) is 5.75 Å². The molecule has 0 fully saturated rings. The molecule has 3 aromatic rings. The molecule has 1 aliphatic heterocycles. The van der Waals surface area contributed by atoms with Crippen molar-refractivity contribution in [1.29, 1.82) is 0 Å². The minimum Gasteiger partial charge on any atom is -0.496 e. The maximum absolute atomic E-state index is 12.9. The third kappa shape index (κ3) is 4.22. The van der Waals surface area contributed by atoms with E-state index in [0.717, 1.165) is 5.56 Å². The van der Waals surface area contributed by atoms with Crippen molar-refractivity contribution < 1.29 is 17.9 Å². The van der Waals surface area contributed by atoms with Crippen molar-refractivity contribution in [2.75, 3.05) is 11.8 Å². The second-order valence-corrected chi connectivity index (χ2v) is 9.02. The quantitative estimate of drug-likeness (QED) is 0.611. The maximum atomic E-state index is 12.9. The summed E-state index contributed by atoms with van der Waals surface area (Å²) >= 11 is 0. The van der Waals surface area contributed by atoms with Crippen molar-refractivity contribution in [1.82, 2.24) is 5.01 Å². The number of nitrogens with one attached hydrogen (secondary N) is 1. The predicted octanol–water partition coefficient (Wildman–Crippen LogP) is 4.19. The maximum Gasteiger partial charge on any atom is 0.261 e. The number of amides is 1. The van der Waals surface area contributed by atoms with E-state index in [-0.39, 0.29) is 16.8 Å². The van der Waals surface area contributed by atoms with Crippen LogP contribution in [0.1, 0.15) is 30.5 Å². The van der Waals surface area contributed by atoms with Gasteiger partial charge in [0.15, 0.2) is 0 Å². The number of rotatable bonds is 6. The number of methoxy groups -OCH3 is 1. The Balaban J connectivity index is 1.70. The second kappa shape index (κ2) is 8.84. The number of anilines is 1. The van der Waals surface area contributed by atoms with E-state index in [0.29, 0.717) is 29.1 Å². The number of nitrogens with zero attached hydrogens (tertiary/aromatic N) is 2. The van der Waals surface area contributed by atoms with Gasteiger partial charge in [0.05, 0.1) is 29.4 Å². The van der Waals surface area contributed by atoms with Crippen LogP contribution >= 0.6 is 0 Å². The molecule has 0 aliphatic carbocycles. The molecule has 1 atom stereocenters. The van der Waals surface area contributed by atoms with Gasteiger partial charge in [-0.1, -0.05) is 54.6 Å². The average molecular weight is 450 g/mol. The highest BCUT2D eigenvalue weighted by molar-refractivity contribution is 7.92. The molecule has 4 rings (SSSR count). The van der Waals surface area contributed by atoms with Gasteiger partial charge >= 0.3 is 0 Å². The van der Waals surface area contributed by atoms with Gasteiger partial charge in [0.2, 0.25) is 5.91 Å². The van der Waals surface area contributed by atoms with Crippen LogP contribution in [0.3, 0.4) is 0 Å². The molecule has 1 N–H and O–H groups in total. The number of benzene rings is 3. The first-order chi connectivity index (χ1) is 15.4. The highest BCUT2D eigenvalue weighted by Gasteiger charge is 2.34. The summed E-state index contributed by atoms with van der Waals surface area (Å²) in [5, 5.41) is 5.99. The number of carbonyl (C=O) groups is 1. The Morgan fingerprint density at radius 2 is 1.66 bits per heavy atom. The summed E-state index contributed by atoms with van der Waals surface area (Å²) in [7, 11) is -2.19. The number of hydrogen-bond donors (Lipinski definition) is 1. The summed E-state index contributed by atoms with van der Waals surface area (Å²) in [4.78, 5) is 12.5. The molecular weight excluding hydrogens is 426 g/mol. The van der Waals surface area contributed by atoms with E-state index in [1.54, 1.807) is 43.5 Å². The lowest BCUT2D eigenvalue weighted by Gasteiger charge is -2.22. The van der Waals surface area contributed by atoms with Crippen LogP contribution in [-0.2, 0) is 14.8 Å². The number of hydrogen-bond acceptors (Lipinski definition) is 5. The van der Waals surface area contributed by atoms with Crippen LogP contribution in [0.2, 0.25) is 0 Å². The van der Waals surface area contributed by atoms with Crippen molar-refractivity contribution in [3.05, 3.63) is 90.0 Å². The highest BCUT2D eigenvalue weighted by Crippen LogP contribution is 2.38. The topological polar surface area (TPSA) is 88.1 Å². The summed E-state index contributed by atoms with van der Waals surface area (Å²) in [5.74, 6) is 0.455. The molecule has 32 heavy (non-hydrogen) atoms. The Morgan fingerprint density at radius 1 is 1.00 bits per heavy atom. The van der Waals surface area contributed by atoms with Crippen molar-refractivity contribution in [3.63, 3.8) is 0 Å². The number of sulfonamides is 1. The van der Waals surface area contributed by atoms with Crippen LogP contribution in [0.5, 0.6) is 5.75 Å². The Morgan fingerprint density at radius 3 is 2.38 bits per heavy atom. The Labute approximate surface area is 187 Å². The molecule has 8 heteroatoms. The first kappa shape index (κ1) is 21.6. The molecule has 0 saturated carbocycles. The molecule has 0 saturated heterocycles. The van der Waals surface area contributed by atoms with Crippen molar-refractivity contribution in [2.45, 2.75) is 24.3 Å². The third-order valence-corrected chi connectivity index (χ3v) is 6.65. The van der Waals surface area contributed by atoms with Gasteiger partial charge in [0, 0.05) is 24.5 Å². The normalized spacial score (nSPS) is 15.9. The van der Waals surface area contributed by atoms with E-state index in [2.05, 4.69) is 9.82 Å². The molecule has 164 valence electrons. The van der Waals surface area contributed by atoms with Crippen molar-refractivity contribution >= 4 is 27.3 Å². The zero-order chi connectivity index (χ0) is 22.7. The van der Waals surface area contributed by atoms with Crippen molar-refractivity contribution in [2.24, 2.45) is 5.10 Å². The lowest BCUT2D eigenvalue weighted by atomic mass is 9.97. The largest absolute Gasteiger partial charge is 0.496 e. The molecule has 3 aromatic carbocycles. The summed E-state index contributed by atoms with van der Waals surface area (Å²) in [5.41, 5.74) is 2.48. The molecular formula is C24H23N3O4S. The fraction of sp³-hybridized carbons (Fsp3) is 0.167. The zero-order valence-electron chi connectivity index (χ0n) is 17.7. The third-order valence-electron chi connectivity index (χ3n) is 5.27. The van der Waals surface area contributed by atoms with Crippen LogP contribution in [0.15, 0.2) is 88.9 Å². The predicted molar refractivity (Wildman–Crippen MR) is 123 cm³/mol. The lowest BCUT2D eigenvalue weighted by Crippen LogP contribution is -2.24. The summed E-state index contributed by atoms with van der Waals surface area (Å²) < 4.78 is 33.9. The van der Waals surface area contributed by atoms with Crippen LogP contribution in [0.4, 0.5) is 5.69 Å². The standard InChI is InChI=1S/C24H23N3O4S/c1-17(28)27-23(20-13-7-9-15-24(20)31-2)16-22(25-27)19-12-6-8-14-21(19)26-32(29,30)18-10-4-3-5-11-18/h3-15,23,26H,16H2,1-2H3. The lowest BCUT2D eigenvalue weighted by molar-refractivity contribution is -0.130. The number of carbonyl (C=O) groups excluding carboxylic acids is 1. The van der Waals surface area contributed by atoms with Crippen LogP contribution in [0, 0.1) is 0 Å². The first-order valence-corrected chi connectivity index (χ1v) is 11.6. The van der Waals surface area contributed by atoms with Gasteiger partial charge in [-0.05, 0) is 24.3 Å². The van der Waals surface area contributed by atoms with Gasteiger partial charge < -0.3 is 4.74 Å². The molecule has 0 radical (unpaired) electrons. The minimum absolute atomic E-state index is 0.167. The zero-order valence-corrected chi connectivity index (χ0v) is 18.5. The van der Waals surface area contributed by atoms with E-state index in [9.17, 15) is 13.2 Å². The van der Waals surface area contributed by atoms with Gasteiger partial charge in [0.1, 0.15) is 5.75 Å². The second-order valence-electron chi connectivity index (χ2n) is 7.34. The number of para-hydroxylation sites is 2. The van der Waals surface area contributed by atoms with Gasteiger partial charge in [-0.2, -0.15) is 5.10 Å². The Bertz CT molecular complexity index is 1270. The van der Waals surface area contributed by atoms with Gasteiger partial charge in [-0.3, -0.25) is 9.52 Å². The molecule has 0 aromatic heterocycles. The molecule has 1 amide bonds. The van der Waals surface area contributed by atoms with E-state index >= 15 is 0 Å². The molecule has 7 nitrogen and oxygen atoms in total. The fourth-order valence-electron chi connectivity index (χ4n) is 3.77.